The topological polar surface area (TPSA) is 17.3 Å². The van der Waals surface area contributed by atoms with Crippen LogP contribution in [0.25, 0.3) is 21.8 Å². The number of para-hydroxylation sites is 2. The molecule has 0 N–H and O–H groups in total. The second-order valence-corrected chi connectivity index (χ2v) is 7.16. The van der Waals surface area contributed by atoms with Crippen LogP contribution in [0.4, 0.5) is 5.69 Å². The summed E-state index contributed by atoms with van der Waals surface area (Å²) in [5.74, 6) is 0. The van der Waals surface area contributed by atoms with E-state index < -0.39 is 0 Å². The molecule has 1 heterocycles. The van der Waals surface area contributed by atoms with Gasteiger partial charge in [0.1, 0.15) is 0 Å². The van der Waals surface area contributed by atoms with Crippen LogP contribution < -0.4 is 0 Å². The maximum atomic E-state index is 5.02. The summed E-state index contributed by atoms with van der Waals surface area (Å²) in [4.78, 5) is 5.02. The van der Waals surface area contributed by atoms with Crippen LogP contribution in [0.1, 0.15) is 18.1 Å². The number of aliphatic imine (C=N–C) groups is 1. The molecule has 0 radical (unpaired) electrons. The van der Waals surface area contributed by atoms with Crippen molar-refractivity contribution in [3.05, 3.63) is 114 Å². The molecule has 0 bridgehead atoms. The van der Waals surface area contributed by atoms with Gasteiger partial charge in [0, 0.05) is 39.5 Å². The molecule has 4 aromatic carbocycles. The molecule has 140 valence electrons. The summed E-state index contributed by atoms with van der Waals surface area (Å²) in [6.45, 7) is 3.15. The zero-order chi connectivity index (χ0) is 19.6. The van der Waals surface area contributed by atoms with Crippen LogP contribution in [0.5, 0.6) is 0 Å². The quantitative estimate of drug-likeness (QED) is 0.302. The van der Waals surface area contributed by atoms with Crippen LogP contribution in [0.15, 0.2) is 108 Å². The van der Waals surface area contributed by atoms with E-state index in [9.17, 15) is 0 Å². The third kappa shape index (κ3) is 3.13. The molecule has 2 nitrogen and oxygen atoms in total. The van der Waals surface area contributed by atoms with Crippen molar-refractivity contribution in [3.63, 3.8) is 0 Å². The first-order valence-electron chi connectivity index (χ1n) is 10.1. The molecule has 0 aliphatic rings. The molecule has 0 spiro atoms. The Morgan fingerprint density at radius 3 is 2.07 bits per heavy atom. The monoisotopic (exact) mass is 374 g/mol. The van der Waals surface area contributed by atoms with E-state index in [1.54, 1.807) is 0 Å². The van der Waals surface area contributed by atoms with Gasteiger partial charge in [-0.15, -0.1) is 0 Å². The molecular weight excluding hydrogens is 352 g/mol. The van der Waals surface area contributed by atoms with E-state index in [2.05, 4.69) is 78.2 Å². The Labute approximate surface area is 170 Å². The zero-order valence-electron chi connectivity index (χ0n) is 16.4. The minimum absolute atomic E-state index is 0.951. The molecule has 5 rings (SSSR count). The molecule has 0 unspecified atom stereocenters. The van der Waals surface area contributed by atoms with Gasteiger partial charge in [-0.1, -0.05) is 72.8 Å². The molecule has 0 saturated carbocycles. The Morgan fingerprint density at radius 1 is 0.655 bits per heavy atom. The van der Waals surface area contributed by atoms with E-state index >= 15 is 0 Å². The number of nitrogens with zero attached hydrogens (tertiary/aromatic N) is 2. The lowest BCUT2D eigenvalue weighted by Crippen LogP contribution is -2.03. The van der Waals surface area contributed by atoms with Crippen molar-refractivity contribution in [3.8, 4) is 0 Å². The number of hydrogen-bond acceptors (Lipinski definition) is 1. The van der Waals surface area contributed by atoms with Gasteiger partial charge in [-0.05, 0) is 37.3 Å². The molecule has 0 atom stereocenters. The SMILES string of the molecule is CCn1c2ccccc2c2cc(C(=Nc3ccccc3)c3ccccc3)ccc21. The minimum atomic E-state index is 0.951. The van der Waals surface area contributed by atoms with Gasteiger partial charge in [-0.3, -0.25) is 0 Å². The van der Waals surface area contributed by atoms with Crippen LogP contribution in [0.2, 0.25) is 0 Å². The van der Waals surface area contributed by atoms with Crippen LogP contribution in [-0.4, -0.2) is 10.3 Å². The van der Waals surface area contributed by atoms with Gasteiger partial charge in [0.05, 0.1) is 11.4 Å². The van der Waals surface area contributed by atoms with Crippen LogP contribution in [0.3, 0.4) is 0 Å². The smallest absolute Gasteiger partial charge is 0.0781 e. The second kappa shape index (κ2) is 7.40. The van der Waals surface area contributed by atoms with Crippen molar-refractivity contribution in [2.24, 2.45) is 4.99 Å². The van der Waals surface area contributed by atoms with Crippen LogP contribution in [0, 0.1) is 0 Å². The predicted octanol–water partition coefficient (Wildman–Crippen LogP) is 6.98. The van der Waals surface area contributed by atoms with Crippen molar-refractivity contribution in [1.82, 2.24) is 4.57 Å². The average molecular weight is 374 g/mol. The predicted molar refractivity (Wildman–Crippen MR) is 123 cm³/mol. The molecule has 5 aromatic rings. The van der Waals surface area contributed by atoms with Gasteiger partial charge >= 0.3 is 0 Å². The molecule has 0 amide bonds. The molecule has 0 saturated heterocycles. The highest BCUT2D eigenvalue weighted by atomic mass is 15.0. The van der Waals surface area contributed by atoms with Gasteiger partial charge in [0.2, 0.25) is 0 Å². The molecule has 0 aliphatic heterocycles. The lowest BCUT2D eigenvalue weighted by atomic mass is 10.00. The number of fused-ring (bicyclic) bond motifs is 3. The normalized spacial score (nSPS) is 12.0. The van der Waals surface area contributed by atoms with E-state index in [1.807, 2.05) is 36.4 Å². The first kappa shape index (κ1) is 17.4. The Bertz CT molecular complexity index is 1310. The molecule has 0 fully saturated rings. The standard InChI is InChI=1S/C27H22N2/c1-2-29-25-16-10-9-15-23(25)24-19-21(17-18-26(24)29)27(20-11-5-3-6-12-20)28-22-13-7-4-8-14-22/h3-19H,2H2,1H3. The van der Waals surface area contributed by atoms with Gasteiger partial charge in [-0.25, -0.2) is 4.99 Å². The summed E-state index contributed by atoms with van der Waals surface area (Å²) in [6.07, 6.45) is 0. The van der Waals surface area contributed by atoms with E-state index in [0.717, 1.165) is 29.1 Å². The summed E-state index contributed by atoms with van der Waals surface area (Å²) in [5, 5.41) is 2.56. The highest BCUT2D eigenvalue weighted by molar-refractivity contribution is 6.17. The fourth-order valence-corrected chi connectivity index (χ4v) is 4.07. The lowest BCUT2D eigenvalue weighted by Gasteiger charge is -2.09. The van der Waals surface area contributed by atoms with Crippen molar-refractivity contribution in [2.75, 3.05) is 0 Å². The second-order valence-electron chi connectivity index (χ2n) is 7.16. The molecule has 29 heavy (non-hydrogen) atoms. The van der Waals surface area contributed by atoms with Crippen LogP contribution >= 0.6 is 0 Å². The third-order valence-electron chi connectivity index (χ3n) is 5.41. The van der Waals surface area contributed by atoms with Gasteiger partial charge in [0.25, 0.3) is 0 Å². The Balaban J connectivity index is 1.76. The highest BCUT2D eigenvalue weighted by Crippen LogP contribution is 2.31. The third-order valence-corrected chi connectivity index (χ3v) is 5.41. The molecule has 1 aromatic heterocycles. The first-order chi connectivity index (χ1) is 14.3. The van der Waals surface area contributed by atoms with Crippen molar-refractivity contribution in [1.29, 1.82) is 0 Å². The van der Waals surface area contributed by atoms with Crippen molar-refractivity contribution in [2.45, 2.75) is 13.5 Å². The Morgan fingerprint density at radius 2 is 1.31 bits per heavy atom. The van der Waals surface area contributed by atoms with Gasteiger partial charge in [0.15, 0.2) is 0 Å². The summed E-state index contributed by atoms with van der Waals surface area (Å²) >= 11 is 0. The van der Waals surface area contributed by atoms with E-state index in [1.165, 1.54) is 21.8 Å². The summed E-state index contributed by atoms with van der Waals surface area (Å²) in [5.41, 5.74) is 6.75. The first-order valence-corrected chi connectivity index (χ1v) is 10.1. The van der Waals surface area contributed by atoms with E-state index in [4.69, 9.17) is 4.99 Å². The fraction of sp³-hybridized carbons (Fsp3) is 0.0741. The van der Waals surface area contributed by atoms with Crippen molar-refractivity contribution < 1.29 is 0 Å². The number of benzene rings is 4. The maximum absolute atomic E-state index is 5.02. The lowest BCUT2D eigenvalue weighted by molar-refractivity contribution is 0.827. The minimum Gasteiger partial charge on any atom is -0.341 e. The van der Waals surface area contributed by atoms with Gasteiger partial charge in [-0.2, -0.15) is 0 Å². The zero-order valence-corrected chi connectivity index (χ0v) is 16.4. The maximum Gasteiger partial charge on any atom is 0.0781 e. The summed E-state index contributed by atoms with van der Waals surface area (Å²) in [6, 6.07) is 36.0. The Hall–Kier alpha value is -3.65. The van der Waals surface area contributed by atoms with E-state index in [0.29, 0.717) is 0 Å². The van der Waals surface area contributed by atoms with Crippen LogP contribution in [-0.2, 0) is 6.54 Å². The molecule has 0 aliphatic carbocycles. The van der Waals surface area contributed by atoms with E-state index in [-0.39, 0.29) is 0 Å². The summed E-state index contributed by atoms with van der Waals surface area (Å²) in [7, 11) is 0. The highest BCUT2D eigenvalue weighted by Gasteiger charge is 2.13. The number of rotatable bonds is 4. The molecule has 2 heteroatoms. The number of aryl methyl sites for hydroxylation is 1. The Kier molecular flexibility index (Phi) is 4.45. The largest absolute Gasteiger partial charge is 0.341 e. The summed E-state index contributed by atoms with van der Waals surface area (Å²) < 4.78 is 2.38. The number of hydrogen-bond donors (Lipinski definition) is 0. The molecular formula is C27H22N2. The number of aromatic nitrogens is 1. The fourth-order valence-electron chi connectivity index (χ4n) is 4.07. The average Bonchev–Trinajstić information content (AvgIpc) is 3.12. The van der Waals surface area contributed by atoms with Crippen molar-refractivity contribution >= 4 is 33.2 Å². The van der Waals surface area contributed by atoms with Gasteiger partial charge < -0.3 is 4.57 Å².